The maximum atomic E-state index is 12.0. The third kappa shape index (κ3) is 2.23. The summed E-state index contributed by atoms with van der Waals surface area (Å²) in [5.74, 6) is 0.674. The van der Waals surface area contributed by atoms with Gasteiger partial charge in [-0.25, -0.2) is 9.78 Å². The summed E-state index contributed by atoms with van der Waals surface area (Å²) >= 11 is 0. The van der Waals surface area contributed by atoms with Crippen molar-refractivity contribution >= 4 is 17.0 Å². The molecule has 106 valence electrons. The third-order valence-corrected chi connectivity index (χ3v) is 3.27. The van der Waals surface area contributed by atoms with Gasteiger partial charge < -0.3 is 14.5 Å². The summed E-state index contributed by atoms with van der Waals surface area (Å²) < 4.78 is 10.1. The number of nitrogens with one attached hydrogen (secondary N) is 1. The van der Waals surface area contributed by atoms with Gasteiger partial charge in [-0.1, -0.05) is 30.3 Å². The zero-order valence-corrected chi connectivity index (χ0v) is 11.7. The normalized spacial score (nSPS) is 10.6. The Morgan fingerprint density at radius 2 is 1.86 bits per heavy atom. The highest BCUT2D eigenvalue weighted by Gasteiger charge is 2.20. The molecule has 0 amide bonds. The maximum absolute atomic E-state index is 12.0. The van der Waals surface area contributed by atoms with Crippen LogP contribution in [0.15, 0.2) is 42.5 Å². The van der Waals surface area contributed by atoms with Gasteiger partial charge in [0.2, 0.25) is 0 Å². The first-order chi connectivity index (χ1) is 10.2. The first-order valence-electron chi connectivity index (χ1n) is 6.45. The molecule has 0 fully saturated rings. The van der Waals surface area contributed by atoms with E-state index in [1.807, 2.05) is 36.4 Å². The Kier molecular flexibility index (Phi) is 3.31. The van der Waals surface area contributed by atoms with Crippen LogP contribution >= 0.6 is 0 Å². The minimum atomic E-state index is -0.469. The van der Waals surface area contributed by atoms with Crippen molar-refractivity contribution in [2.45, 2.75) is 0 Å². The zero-order chi connectivity index (χ0) is 14.8. The van der Waals surface area contributed by atoms with Crippen LogP contribution in [0.25, 0.3) is 22.4 Å². The number of ether oxygens (including phenoxy) is 2. The number of hydrogen-bond donors (Lipinski definition) is 1. The Hall–Kier alpha value is -2.82. The minimum Gasteiger partial charge on any atom is -0.496 e. The second-order valence-corrected chi connectivity index (χ2v) is 4.48. The number of methoxy groups -OCH3 is 2. The molecule has 21 heavy (non-hydrogen) atoms. The molecule has 5 heteroatoms. The number of hydrogen-bond acceptors (Lipinski definition) is 4. The predicted octanol–water partition coefficient (Wildman–Crippen LogP) is 3.03. The summed E-state index contributed by atoms with van der Waals surface area (Å²) in [7, 11) is 2.85. The van der Waals surface area contributed by atoms with Crippen molar-refractivity contribution in [1.82, 2.24) is 9.97 Å². The average molecular weight is 282 g/mol. The van der Waals surface area contributed by atoms with E-state index in [0.29, 0.717) is 22.7 Å². The molecule has 1 N–H and O–H groups in total. The van der Waals surface area contributed by atoms with Crippen LogP contribution in [0.2, 0.25) is 0 Å². The lowest BCUT2D eigenvalue weighted by Crippen LogP contribution is -2.05. The fourth-order valence-electron chi connectivity index (χ4n) is 2.26. The SMILES string of the molecule is COC(=O)c1c(OC)ccc2[nH]c(-c3ccccc3)nc12. The lowest BCUT2D eigenvalue weighted by Gasteiger charge is -2.06. The van der Waals surface area contributed by atoms with Crippen LogP contribution < -0.4 is 4.74 Å². The van der Waals surface area contributed by atoms with Gasteiger partial charge in [0.1, 0.15) is 22.7 Å². The fraction of sp³-hybridized carbons (Fsp3) is 0.125. The molecule has 0 aliphatic heterocycles. The first kappa shape index (κ1) is 13.2. The van der Waals surface area contributed by atoms with Gasteiger partial charge in [0, 0.05) is 5.56 Å². The molecule has 1 aromatic heterocycles. The van der Waals surface area contributed by atoms with E-state index in [0.717, 1.165) is 11.1 Å². The molecule has 0 bridgehead atoms. The maximum Gasteiger partial charge on any atom is 0.343 e. The van der Waals surface area contributed by atoms with Crippen LogP contribution in [0, 0.1) is 0 Å². The largest absolute Gasteiger partial charge is 0.496 e. The Balaban J connectivity index is 2.24. The molecule has 0 spiro atoms. The van der Waals surface area contributed by atoms with Crippen molar-refractivity contribution in [2.24, 2.45) is 0 Å². The van der Waals surface area contributed by atoms with Gasteiger partial charge in [0.05, 0.1) is 19.7 Å². The van der Waals surface area contributed by atoms with E-state index in [9.17, 15) is 4.79 Å². The lowest BCUT2D eigenvalue weighted by atomic mass is 10.1. The highest BCUT2D eigenvalue weighted by molar-refractivity contribution is 6.05. The number of rotatable bonds is 3. The van der Waals surface area contributed by atoms with E-state index >= 15 is 0 Å². The number of imidazole rings is 1. The number of H-pyrrole nitrogens is 1. The molecular weight excluding hydrogens is 268 g/mol. The topological polar surface area (TPSA) is 64.2 Å². The average Bonchev–Trinajstić information content (AvgIpc) is 2.98. The van der Waals surface area contributed by atoms with E-state index in [2.05, 4.69) is 9.97 Å². The number of carbonyl (C=O) groups excluding carboxylic acids is 1. The summed E-state index contributed by atoms with van der Waals surface area (Å²) in [5.41, 5.74) is 2.58. The highest BCUT2D eigenvalue weighted by Crippen LogP contribution is 2.29. The molecular formula is C16H14N2O3. The highest BCUT2D eigenvalue weighted by atomic mass is 16.5. The molecule has 0 unspecified atom stereocenters. The summed E-state index contributed by atoms with van der Waals surface area (Å²) in [6, 6.07) is 13.3. The molecule has 3 aromatic rings. The Morgan fingerprint density at radius 3 is 2.52 bits per heavy atom. The number of carbonyl (C=O) groups is 1. The number of aromatic nitrogens is 2. The summed E-state index contributed by atoms with van der Waals surface area (Å²) in [6.07, 6.45) is 0. The Bertz CT molecular complexity index is 794. The molecule has 1 heterocycles. The number of esters is 1. The fourth-order valence-corrected chi connectivity index (χ4v) is 2.26. The first-order valence-corrected chi connectivity index (χ1v) is 6.45. The van der Waals surface area contributed by atoms with Crippen molar-refractivity contribution in [1.29, 1.82) is 0 Å². The Morgan fingerprint density at radius 1 is 1.10 bits per heavy atom. The molecule has 5 nitrogen and oxygen atoms in total. The quantitative estimate of drug-likeness (QED) is 0.750. The number of benzene rings is 2. The van der Waals surface area contributed by atoms with Crippen LogP contribution in [-0.2, 0) is 4.74 Å². The van der Waals surface area contributed by atoms with E-state index in [1.54, 1.807) is 6.07 Å². The van der Waals surface area contributed by atoms with Crippen LogP contribution in [0.3, 0.4) is 0 Å². The van der Waals surface area contributed by atoms with Crippen LogP contribution in [0.5, 0.6) is 5.75 Å². The standard InChI is InChI=1S/C16H14N2O3/c1-20-12-9-8-11-14(13(12)16(19)21-2)18-15(17-11)10-6-4-3-5-7-10/h3-9H,1-2H3,(H,17,18). The van der Waals surface area contributed by atoms with Crippen molar-refractivity contribution in [3.8, 4) is 17.1 Å². The van der Waals surface area contributed by atoms with Gasteiger partial charge in [-0.2, -0.15) is 0 Å². The van der Waals surface area contributed by atoms with Crippen molar-refractivity contribution in [2.75, 3.05) is 14.2 Å². The van der Waals surface area contributed by atoms with E-state index in [1.165, 1.54) is 14.2 Å². The van der Waals surface area contributed by atoms with E-state index in [4.69, 9.17) is 9.47 Å². The van der Waals surface area contributed by atoms with Crippen LogP contribution in [-0.4, -0.2) is 30.2 Å². The van der Waals surface area contributed by atoms with Crippen molar-refractivity contribution in [3.63, 3.8) is 0 Å². The molecule has 2 aromatic carbocycles. The van der Waals surface area contributed by atoms with E-state index < -0.39 is 5.97 Å². The van der Waals surface area contributed by atoms with Crippen LogP contribution in [0.1, 0.15) is 10.4 Å². The van der Waals surface area contributed by atoms with Gasteiger partial charge in [0.25, 0.3) is 0 Å². The van der Waals surface area contributed by atoms with E-state index in [-0.39, 0.29) is 0 Å². The molecule has 3 rings (SSSR count). The second kappa shape index (κ2) is 5.28. The monoisotopic (exact) mass is 282 g/mol. The number of fused-ring (bicyclic) bond motifs is 1. The van der Waals surface area contributed by atoms with Gasteiger partial charge in [0.15, 0.2) is 0 Å². The molecule has 0 saturated carbocycles. The zero-order valence-electron chi connectivity index (χ0n) is 11.7. The van der Waals surface area contributed by atoms with Gasteiger partial charge >= 0.3 is 5.97 Å². The predicted molar refractivity (Wildman–Crippen MR) is 79.4 cm³/mol. The summed E-state index contributed by atoms with van der Waals surface area (Å²) in [6.45, 7) is 0. The molecule has 0 saturated heterocycles. The number of aromatic amines is 1. The third-order valence-electron chi connectivity index (χ3n) is 3.27. The molecule has 0 atom stereocenters. The summed E-state index contributed by atoms with van der Waals surface area (Å²) in [4.78, 5) is 19.7. The van der Waals surface area contributed by atoms with Crippen molar-refractivity contribution in [3.05, 3.63) is 48.0 Å². The Labute approximate surface area is 121 Å². The minimum absolute atomic E-state index is 0.330. The van der Waals surface area contributed by atoms with Gasteiger partial charge in [-0.15, -0.1) is 0 Å². The molecule has 0 aliphatic rings. The van der Waals surface area contributed by atoms with Gasteiger partial charge in [-0.05, 0) is 12.1 Å². The lowest BCUT2D eigenvalue weighted by molar-refractivity contribution is 0.0599. The smallest absolute Gasteiger partial charge is 0.343 e. The van der Waals surface area contributed by atoms with Crippen molar-refractivity contribution < 1.29 is 14.3 Å². The van der Waals surface area contributed by atoms with Crippen LogP contribution in [0.4, 0.5) is 0 Å². The molecule has 0 aliphatic carbocycles. The number of nitrogens with zero attached hydrogens (tertiary/aromatic N) is 1. The molecule has 0 radical (unpaired) electrons. The second-order valence-electron chi connectivity index (χ2n) is 4.48. The summed E-state index contributed by atoms with van der Waals surface area (Å²) in [5, 5.41) is 0. The van der Waals surface area contributed by atoms with Gasteiger partial charge in [-0.3, -0.25) is 0 Å².